The van der Waals surface area contributed by atoms with Crippen LogP contribution in [0.25, 0.3) is 0 Å². The molecule has 2 atom stereocenters. The molecule has 2 unspecified atom stereocenters. The van der Waals surface area contributed by atoms with Crippen molar-refractivity contribution in [1.29, 1.82) is 0 Å². The first-order chi connectivity index (χ1) is 8.25. The third-order valence-corrected chi connectivity index (χ3v) is 3.88. The molecular weight excluding hydrogens is 240 g/mol. The first-order valence-electron chi connectivity index (χ1n) is 6.05. The molecule has 0 radical (unpaired) electrons. The van der Waals surface area contributed by atoms with Gasteiger partial charge in [-0.15, -0.1) is 0 Å². The van der Waals surface area contributed by atoms with Gasteiger partial charge >= 0.3 is 0 Å². The number of piperidine rings is 1. The second kappa shape index (κ2) is 4.35. The predicted octanol–water partition coefficient (Wildman–Crippen LogP) is 1.90. The second-order valence-electron chi connectivity index (χ2n) is 4.66. The van der Waals surface area contributed by atoms with E-state index >= 15 is 0 Å². The topological polar surface area (TPSA) is 45.5 Å². The van der Waals surface area contributed by atoms with E-state index in [1.54, 1.807) is 12.1 Å². The van der Waals surface area contributed by atoms with Crippen LogP contribution in [-0.4, -0.2) is 36.0 Å². The smallest absolute Gasteiger partial charge is 0.289 e. The number of carbonyl (C=O) groups excluding carboxylic acids is 1. The number of rotatable bonds is 1. The van der Waals surface area contributed by atoms with Crippen LogP contribution >= 0.6 is 11.6 Å². The van der Waals surface area contributed by atoms with Gasteiger partial charge in [0.25, 0.3) is 5.91 Å². The molecule has 0 saturated carbocycles. The highest BCUT2D eigenvalue weighted by molar-refractivity contribution is 6.29. The quantitative estimate of drug-likeness (QED) is 0.833. The molecule has 2 aliphatic rings. The molecule has 0 spiro atoms. The van der Waals surface area contributed by atoms with Crippen molar-refractivity contribution in [3.05, 3.63) is 23.1 Å². The lowest BCUT2D eigenvalue weighted by Crippen LogP contribution is -2.48. The Morgan fingerprint density at radius 1 is 1.47 bits per heavy atom. The molecule has 1 amide bonds. The number of carbonyl (C=O) groups is 1. The summed E-state index contributed by atoms with van der Waals surface area (Å²) < 4.78 is 5.19. The summed E-state index contributed by atoms with van der Waals surface area (Å²) in [6, 6.07) is 4.04. The first-order valence-corrected chi connectivity index (χ1v) is 6.43. The van der Waals surface area contributed by atoms with Gasteiger partial charge in [0, 0.05) is 18.6 Å². The summed E-state index contributed by atoms with van der Waals surface area (Å²) in [6.07, 6.45) is 3.24. The highest BCUT2D eigenvalue weighted by Gasteiger charge is 2.39. The average molecular weight is 255 g/mol. The number of fused-ring (bicyclic) bond motifs is 1. The molecule has 0 aromatic carbocycles. The van der Waals surface area contributed by atoms with Gasteiger partial charge in [0.1, 0.15) is 0 Å². The molecule has 3 heterocycles. The van der Waals surface area contributed by atoms with Crippen LogP contribution in [0, 0.1) is 0 Å². The van der Waals surface area contributed by atoms with E-state index < -0.39 is 0 Å². The standard InChI is InChI=1S/C12H15ClN2O2/c13-11-4-3-10(17-11)12(16)15-7-5-8-9(15)2-1-6-14-8/h3-4,8-9,14H,1-2,5-7H2. The maximum absolute atomic E-state index is 12.3. The Balaban J connectivity index is 1.78. The van der Waals surface area contributed by atoms with E-state index in [1.165, 1.54) is 0 Å². The average Bonchev–Trinajstić information content (AvgIpc) is 2.94. The van der Waals surface area contributed by atoms with E-state index in [4.69, 9.17) is 16.0 Å². The normalized spacial score (nSPS) is 28.2. The lowest BCUT2D eigenvalue weighted by molar-refractivity contribution is 0.0673. The summed E-state index contributed by atoms with van der Waals surface area (Å²) in [5.41, 5.74) is 0. The van der Waals surface area contributed by atoms with E-state index in [1.807, 2.05) is 4.90 Å². The molecule has 0 bridgehead atoms. The number of amides is 1. The van der Waals surface area contributed by atoms with Crippen LogP contribution in [0.4, 0.5) is 0 Å². The van der Waals surface area contributed by atoms with Crippen LogP contribution in [-0.2, 0) is 0 Å². The molecule has 1 aromatic rings. The third kappa shape index (κ3) is 1.96. The van der Waals surface area contributed by atoms with Gasteiger partial charge in [0.15, 0.2) is 11.0 Å². The molecule has 17 heavy (non-hydrogen) atoms. The highest BCUT2D eigenvalue weighted by Crippen LogP contribution is 2.27. The molecule has 1 aromatic heterocycles. The zero-order valence-electron chi connectivity index (χ0n) is 9.49. The molecule has 2 fully saturated rings. The number of hydrogen-bond acceptors (Lipinski definition) is 3. The molecule has 92 valence electrons. The first kappa shape index (κ1) is 11.1. The minimum absolute atomic E-state index is 0.0342. The highest BCUT2D eigenvalue weighted by atomic mass is 35.5. The largest absolute Gasteiger partial charge is 0.440 e. The van der Waals surface area contributed by atoms with Crippen LogP contribution < -0.4 is 5.32 Å². The van der Waals surface area contributed by atoms with Crippen molar-refractivity contribution in [2.24, 2.45) is 0 Å². The van der Waals surface area contributed by atoms with E-state index in [2.05, 4.69) is 5.32 Å². The minimum Gasteiger partial charge on any atom is -0.440 e. The van der Waals surface area contributed by atoms with E-state index in [9.17, 15) is 4.79 Å². The van der Waals surface area contributed by atoms with Crippen molar-refractivity contribution in [3.8, 4) is 0 Å². The van der Waals surface area contributed by atoms with Gasteiger partial charge in [-0.2, -0.15) is 0 Å². The fourth-order valence-electron chi connectivity index (χ4n) is 2.87. The van der Waals surface area contributed by atoms with Gasteiger partial charge in [-0.25, -0.2) is 0 Å². The van der Waals surface area contributed by atoms with Gasteiger partial charge in [-0.05, 0) is 49.5 Å². The van der Waals surface area contributed by atoms with Crippen molar-refractivity contribution < 1.29 is 9.21 Å². The minimum atomic E-state index is -0.0342. The zero-order chi connectivity index (χ0) is 11.8. The summed E-state index contributed by atoms with van der Waals surface area (Å²) >= 11 is 5.70. The molecule has 4 nitrogen and oxygen atoms in total. The van der Waals surface area contributed by atoms with Crippen LogP contribution in [0.1, 0.15) is 29.8 Å². The molecule has 0 aliphatic carbocycles. The molecule has 3 rings (SSSR count). The van der Waals surface area contributed by atoms with Crippen molar-refractivity contribution >= 4 is 17.5 Å². The lowest BCUT2D eigenvalue weighted by Gasteiger charge is -2.31. The van der Waals surface area contributed by atoms with Gasteiger partial charge in [0.05, 0.1) is 0 Å². The Morgan fingerprint density at radius 2 is 2.35 bits per heavy atom. The summed E-state index contributed by atoms with van der Waals surface area (Å²) in [4.78, 5) is 14.2. The Morgan fingerprint density at radius 3 is 3.12 bits per heavy atom. The summed E-state index contributed by atoms with van der Waals surface area (Å²) in [7, 11) is 0. The number of hydrogen-bond donors (Lipinski definition) is 1. The Bertz CT molecular complexity index is 432. The number of nitrogens with zero attached hydrogens (tertiary/aromatic N) is 1. The van der Waals surface area contributed by atoms with E-state index in [-0.39, 0.29) is 11.1 Å². The van der Waals surface area contributed by atoms with Crippen molar-refractivity contribution in [2.75, 3.05) is 13.1 Å². The number of nitrogens with one attached hydrogen (secondary N) is 1. The monoisotopic (exact) mass is 254 g/mol. The van der Waals surface area contributed by atoms with Gasteiger partial charge in [0.2, 0.25) is 0 Å². The zero-order valence-corrected chi connectivity index (χ0v) is 10.2. The maximum Gasteiger partial charge on any atom is 0.289 e. The third-order valence-electron chi connectivity index (χ3n) is 3.67. The fourth-order valence-corrected chi connectivity index (χ4v) is 3.02. The Kier molecular flexibility index (Phi) is 2.84. The predicted molar refractivity (Wildman–Crippen MR) is 64.2 cm³/mol. The number of furan rings is 1. The number of likely N-dealkylation sites (tertiary alicyclic amines) is 1. The van der Waals surface area contributed by atoms with Crippen LogP contribution in [0.2, 0.25) is 5.22 Å². The molecule has 5 heteroatoms. The second-order valence-corrected chi connectivity index (χ2v) is 5.03. The van der Waals surface area contributed by atoms with Crippen LogP contribution in [0.3, 0.4) is 0 Å². The lowest BCUT2D eigenvalue weighted by atomic mass is 9.99. The summed E-state index contributed by atoms with van der Waals surface area (Å²) in [5.74, 6) is 0.314. The maximum atomic E-state index is 12.3. The van der Waals surface area contributed by atoms with E-state index in [0.29, 0.717) is 17.8 Å². The van der Waals surface area contributed by atoms with Gasteiger partial charge in [-0.3, -0.25) is 4.79 Å². The molecular formula is C12H15ClN2O2. The van der Waals surface area contributed by atoms with Crippen molar-refractivity contribution in [2.45, 2.75) is 31.3 Å². The molecule has 2 aliphatic heterocycles. The van der Waals surface area contributed by atoms with Gasteiger partial charge in [-0.1, -0.05) is 0 Å². The number of halogens is 1. The Labute approximate surface area is 105 Å². The summed E-state index contributed by atoms with van der Waals surface area (Å²) in [6.45, 7) is 1.87. The van der Waals surface area contributed by atoms with Crippen LogP contribution in [0.5, 0.6) is 0 Å². The van der Waals surface area contributed by atoms with Crippen LogP contribution in [0.15, 0.2) is 16.5 Å². The molecule has 2 saturated heterocycles. The SMILES string of the molecule is O=C(c1ccc(Cl)o1)N1CCC2NCCCC21. The Hall–Kier alpha value is -1.00. The van der Waals surface area contributed by atoms with Crippen molar-refractivity contribution in [3.63, 3.8) is 0 Å². The summed E-state index contributed by atoms with van der Waals surface area (Å²) in [5, 5.41) is 3.74. The van der Waals surface area contributed by atoms with E-state index in [0.717, 1.165) is 32.4 Å². The van der Waals surface area contributed by atoms with Gasteiger partial charge < -0.3 is 14.6 Å². The van der Waals surface area contributed by atoms with Crippen molar-refractivity contribution in [1.82, 2.24) is 10.2 Å². The molecule has 1 N–H and O–H groups in total. The fraction of sp³-hybridized carbons (Fsp3) is 0.583.